The van der Waals surface area contributed by atoms with Crippen molar-refractivity contribution in [2.45, 2.75) is 0 Å². The van der Waals surface area contributed by atoms with Crippen LogP contribution in [0, 0.1) is 3.57 Å². The first-order valence-corrected chi connectivity index (χ1v) is 7.51. The Morgan fingerprint density at radius 1 is 1.26 bits per heavy atom. The second-order valence-electron chi connectivity index (χ2n) is 3.91. The Kier molecular flexibility index (Phi) is 3.48. The second kappa shape index (κ2) is 5.26. The minimum Gasteiger partial charge on any atom is -0.312 e. The predicted molar refractivity (Wildman–Crippen MR) is 84.1 cm³/mol. The summed E-state index contributed by atoms with van der Waals surface area (Å²) in [6, 6.07) is 11.8. The van der Waals surface area contributed by atoms with E-state index in [1.807, 2.05) is 47.9 Å². The molecule has 1 aliphatic heterocycles. The van der Waals surface area contributed by atoms with E-state index in [4.69, 9.17) is 4.84 Å². The summed E-state index contributed by atoms with van der Waals surface area (Å²) in [5.74, 6) is -0.401. The van der Waals surface area contributed by atoms with Crippen LogP contribution in [0.2, 0.25) is 0 Å². The van der Waals surface area contributed by atoms with Gasteiger partial charge in [0.2, 0.25) is 0 Å². The van der Waals surface area contributed by atoms with Crippen LogP contribution in [-0.4, -0.2) is 11.7 Å². The van der Waals surface area contributed by atoms with Gasteiger partial charge in [0.25, 0.3) is 0 Å². The maximum absolute atomic E-state index is 11.8. The lowest BCUT2D eigenvalue weighted by atomic mass is 10.1. The topological polar surface area (TPSA) is 38.7 Å². The molecular weight excluding hydrogens is 373 g/mol. The minimum absolute atomic E-state index is 0.401. The highest BCUT2D eigenvalue weighted by Crippen LogP contribution is 2.23. The molecule has 1 aliphatic rings. The molecule has 0 spiro atoms. The van der Waals surface area contributed by atoms with Crippen molar-refractivity contribution in [2.24, 2.45) is 5.16 Å². The molecule has 0 saturated heterocycles. The molecule has 0 N–H and O–H groups in total. The third-order valence-electron chi connectivity index (χ3n) is 2.61. The Balaban J connectivity index is 2.02. The highest BCUT2D eigenvalue weighted by molar-refractivity contribution is 14.1. The Bertz CT molecular complexity index is 689. The minimum atomic E-state index is -0.401. The molecule has 0 unspecified atom stereocenters. The van der Waals surface area contributed by atoms with E-state index in [1.54, 1.807) is 0 Å². The van der Waals surface area contributed by atoms with Crippen molar-refractivity contribution in [1.29, 1.82) is 0 Å². The second-order valence-corrected chi connectivity index (χ2v) is 6.10. The molecular formula is C14H8INO2S. The first kappa shape index (κ1) is 12.6. The van der Waals surface area contributed by atoms with Gasteiger partial charge in [-0.05, 0) is 57.8 Å². The average molecular weight is 381 g/mol. The maximum Gasteiger partial charge on any atom is 0.368 e. The summed E-state index contributed by atoms with van der Waals surface area (Å²) in [4.78, 5) is 17.5. The zero-order valence-electron chi connectivity index (χ0n) is 9.67. The highest BCUT2D eigenvalue weighted by atomic mass is 127. The number of carbonyl (C=O) groups excluding carboxylic acids is 1. The fraction of sp³-hybridized carbons (Fsp3) is 0. The Morgan fingerprint density at radius 3 is 2.89 bits per heavy atom. The molecule has 0 bridgehead atoms. The molecule has 0 amide bonds. The van der Waals surface area contributed by atoms with Gasteiger partial charge in [-0.1, -0.05) is 23.4 Å². The summed E-state index contributed by atoms with van der Waals surface area (Å²) < 4.78 is 1.12. The van der Waals surface area contributed by atoms with Crippen LogP contribution in [0.15, 0.2) is 52.5 Å². The molecule has 94 valence electrons. The molecule has 1 aromatic carbocycles. The zero-order valence-corrected chi connectivity index (χ0v) is 12.6. The summed E-state index contributed by atoms with van der Waals surface area (Å²) in [5, 5.41) is 5.81. The molecule has 2 aromatic rings. The van der Waals surface area contributed by atoms with E-state index < -0.39 is 5.97 Å². The van der Waals surface area contributed by atoms with Gasteiger partial charge in [0.15, 0.2) is 0 Å². The fourth-order valence-corrected chi connectivity index (χ4v) is 3.05. The van der Waals surface area contributed by atoms with Crippen LogP contribution in [0.5, 0.6) is 0 Å². The molecule has 0 radical (unpaired) electrons. The normalized spacial score (nSPS) is 16.6. The first-order chi connectivity index (χ1) is 9.24. The molecule has 0 aliphatic carbocycles. The average Bonchev–Trinajstić information content (AvgIpc) is 3.01. The summed E-state index contributed by atoms with van der Waals surface area (Å²) in [7, 11) is 0. The first-order valence-electron chi connectivity index (χ1n) is 5.55. The van der Waals surface area contributed by atoms with Gasteiger partial charge < -0.3 is 4.84 Å². The van der Waals surface area contributed by atoms with E-state index in [2.05, 4.69) is 27.7 Å². The van der Waals surface area contributed by atoms with Crippen molar-refractivity contribution in [1.82, 2.24) is 0 Å². The van der Waals surface area contributed by atoms with Gasteiger partial charge in [-0.3, -0.25) is 0 Å². The molecule has 0 atom stereocenters. The van der Waals surface area contributed by atoms with Gasteiger partial charge in [-0.2, -0.15) is 0 Å². The fourth-order valence-electron chi connectivity index (χ4n) is 1.76. The number of rotatable bonds is 2. The van der Waals surface area contributed by atoms with Crippen LogP contribution in [0.3, 0.4) is 0 Å². The number of hydrogen-bond acceptors (Lipinski definition) is 4. The zero-order chi connectivity index (χ0) is 13.2. The van der Waals surface area contributed by atoms with Crippen LogP contribution in [0.1, 0.15) is 10.4 Å². The van der Waals surface area contributed by atoms with Gasteiger partial charge in [-0.25, -0.2) is 4.79 Å². The summed E-state index contributed by atoms with van der Waals surface area (Å²) in [6.07, 6.45) is 1.82. The number of oxime groups is 1. The number of hydrogen-bond donors (Lipinski definition) is 0. The van der Waals surface area contributed by atoms with E-state index in [-0.39, 0.29) is 0 Å². The maximum atomic E-state index is 11.8. The van der Waals surface area contributed by atoms with Gasteiger partial charge >= 0.3 is 5.97 Å². The standard InChI is InChI=1S/C14H8INO2S/c15-10-4-1-3-9(7-10)8-11-13(16-18-14(11)17)12-5-2-6-19-12/h1-8H/b11-8+. The van der Waals surface area contributed by atoms with Crippen LogP contribution in [0.4, 0.5) is 0 Å². The van der Waals surface area contributed by atoms with Crippen LogP contribution >= 0.6 is 33.9 Å². The number of thiophene rings is 1. The largest absolute Gasteiger partial charge is 0.368 e. The van der Waals surface area contributed by atoms with Crippen molar-refractivity contribution < 1.29 is 9.63 Å². The molecule has 0 saturated carbocycles. The molecule has 3 rings (SSSR count). The molecule has 0 fully saturated rings. The highest BCUT2D eigenvalue weighted by Gasteiger charge is 2.27. The Morgan fingerprint density at radius 2 is 2.16 bits per heavy atom. The van der Waals surface area contributed by atoms with Gasteiger partial charge in [0.1, 0.15) is 5.71 Å². The summed E-state index contributed by atoms with van der Waals surface area (Å²) >= 11 is 3.77. The summed E-state index contributed by atoms with van der Waals surface area (Å²) in [5.41, 5.74) is 2.08. The number of carbonyl (C=O) groups is 1. The third-order valence-corrected chi connectivity index (χ3v) is 4.16. The SMILES string of the molecule is O=C1ON=C(c2cccs2)/C1=C\c1cccc(I)c1. The van der Waals surface area contributed by atoms with Crippen LogP contribution in [-0.2, 0) is 9.63 Å². The lowest BCUT2D eigenvalue weighted by molar-refractivity contribution is -0.136. The number of benzene rings is 1. The predicted octanol–water partition coefficient (Wildman–Crippen LogP) is 3.70. The van der Waals surface area contributed by atoms with E-state index in [9.17, 15) is 4.79 Å². The van der Waals surface area contributed by atoms with E-state index in [0.29, 0.717) is 11.3 Å². The molecule has 5 heteroatoms. The third kappa shape index (κ3) is 2.62. The van der Waals surface area contributed by atoms with E-state index in [1.165, 1.54) is 11.3 Å². The van der Waals surface area contributed by atoms with Crippen molar-refractivity contribution >= 4 is 51.7 Å². The van der Waals surface area contributed by atoms with Crippen molar-refractivity contribution in [3.05, 3.63) is 61.4 Å². The summed E-state index contributed by atoms with van der Waals surface area (Å²) in [6.45, 7) is 0. The Labute approximate surface area is 127 Å². The van der Waals surface area contributed by atoms with Crippen LogP contribution < -0.4 is 0 Å². The molecule has 19 heavy (non-hydrogen) atoms. The van der Waals surface area contributed by atoms with Gasteiger partial charge in [0, 0.05) is 3.57 Å². The molecule has 3 nitrogen and oxygen atoms in total. The van der Waals surface area contributed by atoms with Crippen LogP contribution in [0.25, 0.3) is 6.08 Å². The number of nitrogens with zero attached hydrogens (tertiary/aromatic N) is 1. The molecule has 1 aromatic heterocycles. The van der Waals surface area contributed by atoms with E-state index in [0.717, 1.165) is 14.0 Å². The number of halogens is 1. The van der Waals surface area contributed by atoms with Gasteiger partial charge in [-0.15, -0.1) is 11.3 Å². The Hall–Kier alpha value is -1.47. The lowest BCUT2D eigenvalue weighted by Gasteiger charge is -1.98. The lowest BCUT2D eigenvalue weighted by Crippen LogP contribution is -2.05. The van der Waals surface area contributed by atoms with E-state index >= 15 is 0 Å². The molecule has 2 heterocycles. The van der Waals surface area contributed by atoms with Crippen molar-refractivity contribution in [2.75, 3.05) is 0 Å². The smallest absolute Gasteiger partial charge is 0.312 e. The van der Waals surface area contributed by atoms with Crippen molar-refractivity contribution in [3.8, 4) is 0 Å². The quantitative estimate of drug-likeness (QED) is 0.452. The van der Waals surface area contributed by atoms with Crippen molar-refractivity contribution in [3.63, 3.8) is 0 Å². The monoisotopic (exact) mass is 381 g/mol. The van der Waals surface area contributed by atoms with Gasteiger partial charge in [0.05, 0.1) is 10.5 Å².